The number of aromatic hydroxyl groups is 1. The van der Waals surface area contributed by atoms with E-state index in [-0.39, 0.29) is 18.2 Å². The zero-order chi connectivity index (χ0) is 17.8. The lowest BCUT2D eigenvalue weighted by Gasteiger charge is -2.10. The predicted molar refractivity (Wildman–Crippen MR) is 103 cm³/mol. The molecule has 1 amide bonds. The van der Waals surface area contributed by atoms with Gasteiger partial charge in [-0.2, -0.15) is 0 Å². The number of hydrogen-bond acceptors (Lipinski definition) is 3. The van der Waals surface area contributed by atoms with Crippen molar-refractivity contribution in [2.45, 2.75) is 13.8 Å². The summed E-state index contributed by atoms with van der Waals surface area (Å²) in [6.45, 7) is 3.91. The Labute approximate surface area is 146 Å². The molecule has 0 aliphatic heterocycles. The molecule has 3 rings (SSSR count). The number of hydrogen-bond donors (Lipinski definition) is 2. The zero-order valence-electron chi connectivity index (χ0n) is 14.3. The van der Waals surface area contributed by atoms with Gasteiger partial charge in [-0.05, 0) is 41.8 Å². The van der Waals surface area contributed by atoms with Crippen LogP contribution in [0.2, 0.25) is 0 Å². The summed E-state index contributed by atoms with van der Waals surface area (Å²) in [6.07, 6.45) is 1.56. The van der Waals surface area contributed by atoms with Gasteiger partial charge in [-0.15, -0.1) is 0 Å². The Morgan fingerprint density at radius 2 is 1.76 bits per heavy atom. The van der Waals surface area contributed by atoms with Crippen LogP contribution in [0, 0.1) is 13.8 Å². The van der Waals surface area contributed by atoms with E-state index in [1.165, 1.54) is 0 Å². The fourth-order valence-corrected chi connectivity index (χ4v) is 2.83. The summed E-state index contributed by atoms with van der Waals surface area (Å²) < 4.78 is 0. The molecule has 0 atom stereocenters. The van der Waals surface area contributed by atoms with Crippen LogP contribution in [0.25, 0.3) is 10.8 Å². The molecule has 0 aliphatic rings. The largest absolute Gasteiger partial charge is 0.507 e. The molecule has 4 nitrogen and oxygen atoms in total. The van der Waals surface area contributed by atoms with Crippen LogP contribution in [0.4, 0.5) is 5.69 Å². The lowest BCUT2D eigenvalue weighted by atomic mass is 10.0. The van der Waals surface area contributed by atoms with Crippen molar-refractivity contribution in [2.24, 2.45) is 4.99 Å². The number of phenols is 1. The van der Waals surface area contributed by atoms with Gasteiger partial charge >= 0.3 is 0 Å². The summed E-state index contributed by atoms with van der Waals surface area (Å²) >= 11 is 0. The third-order valence-corrected chi connectivity index (χ3v) is 4.15. The molecule has 0 aliphatic carbocycles. The Kier molecular flexibility index (Phi) is 4.80. The highest BCUT2D eigenvalue weighted by Crippen LogP contribution is 2.25. The average molecular weight is 332 g/mol. The maximum Gasteiger partial charge on any atom is 0.246 e. The Bertz CT molecular complexity index is 941. The van der Waals surface area contributed by atoms with Crippen LogP contribution < -0.4 is 5.32 Å². The van der Waals surface area contributed by atoms with Crippen LogP contribution >= 0.6 is 0 Å². The average Bonchev–Trinajstić information content (AvgIpc) is 2.60. The Morgan fingerprint density at radius 3 is 2.52 bits per heavy atom. The van der Waals surface area contributed by atoms with E-state index in [2.05, 4.69) is 10.3 Å². The number of aliphatic imine (C=N–C) groups is 1. The number of aryl methyl sites for hydroxylation is 2. The van der Waals surface area contributed by atoms with E-state index in [0.29, 0.717) is 5.56 Å². The Balaban J connectivity index is 1.76. The van der Waals surface area contributed by atoms with Gasteiger partial charge in [-0.3, -0.25) is 9.79 Å². The minimum absolute atomic E-state index is 0.00354. The van der Waals surface area contributed by atoms with Gasteiger partial charge in [0.2, 0.25) is 5.91 Å². The molecule has 25 heavy (non-hydrogen) atoms. The highest BCUT2D eigenvalue weighted by Gasteiger charge is 2.07. The van der Waals surface area contributed by atoms with Crippen LogP contribution in [0.3, 0.4) is 0 Å². The van der Waals surface area contributed by atoms with Gasteiger partial charge in [0.15, 0.2) is 0 Å². The number of amides is 1. The minimum Gasteiger partial charge on any atom is -0.507 e. The third kappa shape index (κ3) is 3.69. The summed E-state index contributed by atoms with van der Waals surface area (Å²) in [6, 6.07) is 17.1. The summed E-state index contributed by atoms with van der Waals surface area (Å²) in [5, 5.41) is 14.9. The van der Waals surface area contributed by atoms with Gasteiger partial charge in [-0.1, -0.05) is 48.5 Å². The summed E-state index contributed by atoms with van der Waals surface area (Å²) in [7, 11) is 0. The number of benzene rings is 3. The molecule has 0 aromatic heterocycles. The Hall–Kier alpha value is -3.14. The van der Waals surface area contributed by atoms with E-state index in [1.807, 2.05) is 62.4 Å². The Morgan fingerprint density at radius 1 is 1.04 bits per heavy atom. The molecular weight excluding hydrogens is 312 g/mol. The molecular formula is C21H20N2O2. The molecule has 3 aromatic rings. The van der Waals surface area contributed by atoms with Crippen molar-refractivity contribution < 1.29 is 9.90 Å². The van der Waals surface area contributed by atoms with Crippen molar-refractivity contribution in [3.05, 3.63) is 71.3 Å². The molecule has 4 heteroatoms. The topological polar surface area (TPSA) is 61.7 Å². The van der Waals surface area contributed by atoms with Crippen molar-refractivity contribution in [1.29, 1.82) is 0 Å². The van der Waals surface area contributed by atoms with Crippen molar-refractivity contribution in [3.63, 3.8) is 0 Å². The van der Waals surface area contributed by atoms with Gasteiger partial charge in [-0.25, -0.2) is 0 Å². The van der Waals surface area contributed by atoms with E-state index in [4.69, 9.17) is 0 Å². The number of carbonyl (C=O) groups is 1. The zero-order valence-corrected chi connectivity index (χ0v) is 14.3. The normalized spacial score (nSPS) is 11.1. The first-order valence-corrected chi connectivity index (χ1v) is 8.13. The quantitative estimate of drug-likeness (QED) is 0.703. The standard InChI is InChI=1S/C21H20N2O2/c1-14-6-5-7-15(2)21(14)23-20(25)13-22-12-18-17-9-4-3-8-16(17)10-11-19(18)24/h3-12,24H,13H2,1-2H3,(H,23,25). The van der Waals surface area contributed by atoms with Crippen molar-refractivity contribution in [1.82, 2.24) is 0 Å². The number of carbonyl (C=O) groups excluding carboxylic acids is 1. The number of nitrogens with one attached hydrogen (secondary N) is 1. The van der Waals surface area contributed by atoms with Gasteiger partial charge < -0.3 is 10.4 Å². The molecule has 2 N–H and O–H groups in total. The van der Waals surface area contributed by atoms with Crippen molar-refractivity contribution >= 4 is 28.6 Å². The number of phenolic OH excluding ortho intramolecular Hbond substituents is 1. The van der Waals surface area contributed by atoms with Gasteiger partial charge in [0, 0.05) is 17.5 Å². The first-order chi connectivity index (χ1) is 12.1. The summed E-state index contributed by atoms with van der Waals surface area (Å²) in [4.78, 5) is 16.4. The lowest BCUT2D eigenvalue weighted by molar-refractivity contribution is -0.114. The maximum absolute atomic E-state index is 12.2. The highest BCUT2D eigenvalue weighted by atomic mass is 16.3. The van der Waals surface area contributed by atoms with Crippen molar-refractivity contribution in [3.8, 4) is 5.75 Å². The van der Waals surface area contributed by atoms with Crippen LogP contribution in [0.15, 0.2) is 59.6 Å². The second-order valence-electron chi connectivity index (χ2n) is 6.00. The molecule has 0 fully saturated rings. The molecule has 126 valence electrons. The summed E-state index contributed by atoms with van der Waals surface area (Å²) in [5.41, 5.74) is 3.49. The monoisotopic (exact) mass is 332 g/mol. The van der Waals surface area contributed by atoms with Gasteiger partial charge in [0.1, 0.15) is 12.3 Å². The minimum atomic E-state index is -0.187. The second-order valence-corrected chi connectivity index (χ2v) is 6.00. The molecule has 0 heterocycles. The molecule has 0 saturated heterocycles. The molecule has 0 radical (unpaired) electrons. The summed E-state index contributed by atoms with van der Waals surface area (Å²) in [5.74, 6) is -0.0361. The first kappa shape index (κ1) is 16.7. The highest BCUT2D eigenvalue weighted by molar-refractivity contribution is 6.03. The van der Waals surface area contributed by atoms with Gasteiger partial charge in [0.05, 0.1) is 0 Å². The van der Waals surface area contributed by atoms with Crippen LogP contribution in [0.1, 0.15) is 16.7 Å². The van der Waals surface area contributed by atoms with E-state index in [0.717, 1.165) is 27.6 Å². The van der Waals surface area contributed by atoms with E-state index >= 15 is 0 Å². The van der Waals surface area contributed by atoms with Crippen molar-refractivity contribution in [2.75, 3.05) is 11.9 Å². The fourth-order valence-electron chi connectivity index (χ4n) is 2.83. The molecule has 3 aromatic carbocycles. The fraction of sp³-hybridized carbons (Fsp3) is 0.143. The molecule has 0 saturated carbocycles. The van der Waals surface area contributed by atoms with E-state index in [9.17, 15) is 9.90 Å². The number of rotatable bonds is 4. The second kappa shape index (κ2) is 7.18. The predicted octanol–water partition coefficient (Wildman–Crippen LogP) is 4.22. The first-order valence-electron chi connectivity index (χ1n) is 8.13. The third-order valence-electron chi connectivity index (χ3n) is 4.15. The lowest BCUT2D eigenvalue weighted by Crippen LogP contribution is -2.16. The van der Waals surface area contributed by atoms with Crippen LogP contribution in [-0.4, -0.2) is 23.8 Å². The SMILES string of the molecule is Cc1cccc(C)c1NC(=O)CN=Cc1c(O)ccc2ccccc12. The smallest absolute Gasteiger partial charge is 0.246 e. The van der Waals surface area contributed by atoms with Gasteiger partial charge in [0.25, 0.3) is 0 Å². The van der Waals surface area contributed by atoms with Crippen LogP contribution in [-0.2, 0) is 4.79 Å². The molecule has 0 unspecified atom stereocenters. The van der Waals surface area contributed by atoms with E-state index < -0.39 is 0 Å². The van der Waals surface area contributed by atoms with E-state index in [1.54, 1.807) is 12.3 Å². The molecule has 0 bridgehead atoms. The maximum atomic E-state index is 12.2. The molecule has 0 spiro atoms. The number of nitrogens with zero attached hydrogens (tertiary/aromatic N) is 1. The van der Waals surface area contributed by atoms with Crippen LogP contribution in [0.5, 0.6) is 5.75 Å². The number of para-hydroxylation sites is 1. The number of anilines is 1. The number of fused-ring (bicyclic) bond motifs is 1.